The molecular formula is C51H65N15O9S2. The molecule has 0 saturated carbocycles. The van der Waals surface area contributed by atoms with Gasteiger partial charge in [0.2, 0.25) is 47.3 Å². The van der Waals surface area contributed by atoms with Crippen LogP contribution in [0.3, 0.4) is 0 Å². The van der Waals surface area contributed by atoms with Crippen molar-refractivity contribution in [2.24, 2.45) is 27.9 Å². The number of aliphatic hydroxyl groups excluding tert-OH is 1. The third-order valence-corrected chi connectivity index (χ3v) is 14.8. The lowest BCUT2D eigenvalue weighted by Crippen LogP contribution is -2.61. The number of carbonyl (C=O) groups is 8. The number of aromatic amines is 2. The Bertz CT molecular complexity index is 2830. The summed E-state index contributed by atoms with van der Waals surface area (Å²) in [5, 5.41) is 30.0. The van der Waals surface area contributed by atoms with E-state index >= 15 is 0 Å². The molecule has 77 heavy (non-hydrogen) atoms. The summed E-state index contributed by atoms with van der Waals surface area (Å²) in [4.78, 5) is 128. The number of nitrogens with one attached hydrogen (secondary N) is 9. The summed E-state index contributed by atoms with van der Waals surface area (Å²) < 4.78 is 0. The summed E-state index contributed by atoms with van der Waals surface area (Å²) in [5.41, 5.74) is 26.3. The van der Waals surface area contributed by atoms with Gasteiger partial charge in [-0.3, -0.25) is 43.3 Å². The first kappa shape index (κ1) is 58.3. The summed E-state index contributed by atoms with van der Waals surface area (Å²) in [6.45, 7) is 1.29. The summed E-state index contributed by atoms with van der Waals surface area (Å²) in [6.07, 6.45) is 2.87. The van der Waals surface area contributed by atoms with Crippen molar-refractivity contribution >= 4 is 85.7 Å². The number of imidazole rings is 1. The molecule has 9 atom stereocenters. The summed E-state index contributed by atoms with van der Waals surface area (Å²) in [7, 11) is 2.01. The summed E-state index contributed by atoms with van der Waals surface area (Å²) in [6, 6.07) is 13.8. The van der Waals surface area contributed by atoms with E-state index in [0.29, 0.717) is 16.8 Å². The van der Waals surface area contributed by atoms with E-state index in [2.05, 4.69) is 57.2 Å². The van der Waals surface area contributed by atoms with Crippen LogP contribution in [0.15, 0.2) is 109 Å². The summed E-state index contributed by atoms with van der Waals surface area (Å²) >= 11 is 0. The molecule has 2 aromatic heterocycles. The second-order valence-electron chi connectivity index (χ2n) is 18.3. The number of hydrogen-bond donors (Lipinski definition) is 14. The van der Waals surface area contributed by atoms with E-state index in [4.69, 9.17) is 22.9 Å². The molecule has 1 fully saturated rings. The lowest BCUT2D eigenvalue weighted by molar-refractivity contribution is -0.135. The highest BCUT2D eigenvalue weighted by Gasteiger charge is 2.36. The molecule has 1 saturated heterocycles. The Hall–Kier alpha value is -7.94. The predicted octanol–water partition coefficient (Wildman–Crippen LogP) is -1.80. The number of hydrogen-bond acceptors (Lipinski definition) is 14. The molecule has 3 aromatic carbocycles. The Morgan fingerprint density at radius 3 is 1.96 bits per heavy atom. The van der Waals surface area contributed by atoms with Crippen LogP contribution in [0.4, 0.5) is 0 Å². The monoisotopic (exact) mass is 1100 g/mol. The SMILES string of the molecule is C[C@@H](O)[C@H](NC(=O)[C@H]1CSSC[C@H](NC(=O)[C@@H](N)Cc2ccccc2)C(=O)N[C@@H](Cc2cnc[nH]2)C(=O)N[C@H](Cc2ccccc2)C(=O)N[C@@H](CCCN=C(N)N)C(=O)N[C@H](Cc2c[nH]c3ccccc23)C(=O)N1)C(N)=O. The molecule has 6 rings (SSSR count). The molecule has 3 heterocycles. The van der Waals surface area contributed by atoms with Crippen molar-refractivity contribution in [2.75, 3.05) is 18.1 Å². The molecular weight excluding hydrogens is 1030 g/mol. The summed E-state index contributed by atoms with van der Waals surface area (Å²) in [5.74, 6) is -7.48. The van der Waals surface area contributed by atoms with E-state index in [-0.39, 0.29) is 62.5 Å². The van der Waals surface area contributed by atoms with Crippen molar-refractivity contribution in [2.45, 2.75) is 99.9 Å². The third-order valence-electron chi connectivity index (χ3n) is 12.4. The lowest BCUT2D eigenvalue weighted by atomic mass is 10.0. The van der Waals surface area contributed by atoms with Crippen LogP contribution in [-0.4, -0.2) is 146 Å². The molecule has 18 N–H and O–H groups in total. The van der Waals surface area contributed by atoms with Gasteiger partial charge in [0.05, 0.1) is 18.5 Å². The second-order valence-corrected chi connectivity index (χ2v) is 20.9. The number of aliphatic hydroxyl groups is 1. The molecule has 24 nitrogen and oxygen atoms in total. The number of guanidine groups is 1. The Morgan fingerprint density at radius 1 is 0.727 bits per heavy atom. The number of aliphatic imine (C=N–C) groups is 1. The Kier molecular flexibility index (Phi) is 21.8. The maximum atomic E-state index is 14.7. The van der Waals surface area contributed by atoms with E-state index in [1.807, 2.05) is 24.3 Å². The predicted molar refractivity (Wildman–Crippen MR) is 292 cm³/mol. The van der Waals surface area contributed by atoms with Crippen molar-refractivity contribution < 1.29 is 43.5 Å². The highest BCUT2D eigenvalue weighted by molar-refractivity contribution is 8.76. The lowest BCUT2D eigenvalue weighted by Gasteiger charge is -2.28. The largest absolute Gasteiger partial charge is 0.391 e. The van der Waals surface area contributed by atoms with Crippen molar-refractivity contribution in [3.63, 3.8) is 0 Å². The number of nitrogens with two attached hydrogens (primary N) is 4. The van der Waals surface area contributed by atoms with Crippen LogP contribution in [-0.2, 0) is 64.0 Å². The van der Waals surface area contributed by atoms with Gasteiger partial charge >= 0.3 is 0 Å². The zero-order valence-corrected chi connectivity index (χ0v) is 43.7. The number of carbonyl (C=O) groups excluding carboxylic acids is 8. The second kappa shape index (κ2) is 28.8. The molecule has 26 heteroatoms. The zero-order valence-electron chi connectivity index (χ0n) is 42.1. The fourth-order valence-electron chi connectivity index (χ4n) is 8.27. The minimum absolute atomic E-state index is 0.0477. The van der Waals surface area contributed by atoms with Crippen LogP contribution >= 0.6 is 21.6 Å². The van der Waals surface area contributed by atoms with Crippen molar-refractivity contribution in [1.29, 1.82) is 0 Å². The van der Waals surface area contributed by atoms with Gasteiger partial charge < -0.3 is 75.2 Å². The Morgan fingerprint density at radius 2 is 1.31 bits per heavy atom. The smallest absolute Gasteiger partial charge is 0.244 e. The number of benzene rings is 3. The van der Waals surface area contributed by atoms with Gasteiger partial charge in [-0.05, 0) is 48.9 Å². The average molecular weight is 1100 g/mol. The first-order valence-electron chi connectivity index (χ1n) is 24.7. The van der Waals surface area contributed by atoms with E-state index in [1.54, 1.807) is 66.9 Å². The number of fused-ring (bicyclic) bond motifs is 1. The molecule has 1 aliphatic rings. The zero-order chi connectivity index (χ0) is 55.4. The molecule has 1 aliphatic heterocycles. The molecule has 5 aromatic rings. The maximum Gasteiger partial charge on any atom is 0.244 e. The Labute approximate surface area is 451 Å². The number of amides is 8. The van der Waals surface area contributed by atoms with Gasteiger partial charge in [0.15, 0.2) is 5.96 Å². The number of H-pyrrole nitrogens is 2. The van der Waals surface area contributed by atoms with Gasteiger partial charge in [0, 0.05) is 66.3 Å². The number of rotatable bonds is 18. The fraction of sp³-hybridized carbons (Fsp3) is 0.373. The maximum absolute atomic E-state index is 14.7. The Balaban J connectivity index is 1.42. The van der Waals surface area contributed by atoms with Crippen molar-refractivity contribution in [3.05, 3.63) is 126 Å². The van der Waals surface area contributed by atoms with Crippen LogP contribution in [0, 0.1) is 0 Å². The van der Waals surface area contributed by atoms with Gasteiger partial charge in [-0.15, -0.1) is 0 Å². The highest BCUT2D eigenvalue weighted by atomic mass is 33.1. The van der Waals surface area contributed by atoms with Crippen LogP contribution in [0.5, 0.6) is 0 Å². The molecule has 8 amide bonds. The van der Waals surface area contributed by atoms with E-state index in [1.165, 1.54) is 19.4 Å². The van der Waals surface area contributed by atoms with E-state index in [9.17, 15) is 43.5 Å². The fourth-order valence-corrected chi connectivity index (χ4v) is 10.6. The number of nitrogens with zero attached hydrogens (tertiary/aromatic N) is 2. The third kappa shape index (κ3) is 17.8. The molecule has 0 radical (unpaired) electrons. The van der Waals surface area contributed by atoms with Gasteiger partial charge in [-0.1, -0.05) is 100 Å². The minimum atomic E-state index is -1.58. The molecule has 0 bridgehead atoms. The normalized spacial score (nSPS) is 21.4. The van der Waals surface area contributed by atoms with Crippen LogP contribution < -0.4 is 60.2 Å². The van der Waals surface area contributed by atoms with Crippen LogP contribution in [0.2, 0.25) is 0 Å². The topological polar surface area (TPSA) is 402 Å². The minimum Gasteiger partial charge on any atom is -0.391 e. The van der Waals surface area contributed by atoms with Gasteiger partial charge in [0.1, 0.15) is 42.3 Å². The quantitative estimate of drug-likeness (QED) is 0.0199. The molecule has 410 valence electrons. The van der Waals surface area contributed by atoms with Gasteiger partial charge in [-0.2, -0.15) is 0 Å². The van der Waals surface area contributed by atoms with E-state index < -0.39 is 102 Å². The number of primary amides is 1. The molecule has 0 spiro atoms. The van der Waals surface area contributed by atoms with Crippen molar-refractivity contribution in [1.82, 2.24) is 52.2 Å². The van der Waals surface area contributed by atoms with Crippen LogP contribution in [0.1, 0.15) is 42.1 Å². The standard InChI is InChI=1S/C51H65N15O9S2/c1-28(67)42(43(53)68)66-50(75)41-26-77-76-25-40(64-44(69)34(52)19-29-11-4-2-5-12-29)49(74)63-39(22-32-24-56-27-59-32)48(73)61-37(20-30-13-6-3-7-14-30)46(71)60-36(17-10-18-57-51(54)55)45(70)62-38(47(72)65-41)21-31-23-58-35-16-9-8-15-33(31)35/h2-9,11-16,23-24,27-28,34,36-42,58,67H,10,17-22,25-26,52H2,1H3,(H2,53,68)(H,56,59)(H,60,71)(H,61,73)(H,62,70)(H,63,74)(H,64,69)(H,65,72)(H,66,75)(H4,54,55,57)/t28-,34+,36+,37-,38-,39+,40+,41-,42+/m1/s1. The molecule has 0 unspecified atom stereocenters. The van der Waals surface area contributed by atoms with Crippen molar-refractivity contribution in [3.8, 4) is 0 Å². The molecule has 0 aliphatic carbocycles. The van der Waals surface area contributed by atoms with Gasteiger partial charge in [-0.25, -0.2) is 4.98 Å². The first-order chi connectivity index (χ1) is 36.9. The van der Waals surface area contributed by atoms with E-state index in [0.717, 1.165) is 38.1 Å². The average Bonchev–Trinajstić information content (AvgIpc) is 4.08. The highest BCUT2D eigenvalue weighted by Crippen LogP contribution is 2.25. The number of aromatic nitrogens is 3. The first-order valence-corrected chi connectivity index (χ1v) is 27.2. The van der Waals surface area contributed by atoms with Gasteiger partial charge in [0.25, 0.3) is 0 Å². The number of para-hydroxylation sites is 1. The van der Waals surface area contributed by atoms with Crippen LogP contribution in [0.25, 0.3) is 10.9 Å².